The summed E-state index contributed by atoms with van der Waals surface area (Å²) >= 11 is 0. The fraction of sp³-hybridized carbons (Fsp3) is 0.375. The topological polar surface area (TPSA) is 9.23 Å². The van der Waals surface area contributed by atoms with Crippen molar-refractivity contribution < 1.29 is 4.52 Å². The lowest BCUT2D eigenvalue weighted by Gasteiger charge is -2.18. The summed E-state index contributed by atoms with van der Waals surface area (Å²) in [7, 11) is 2.37. The zero-order chi connectivity index (χ0) is 13.0. The molecule has 18 heavy (non-hydrogen) atoms. The molecular weight excluding hydrogens is 239 g/mol. The minimum absolute atomic E-state index is 0.534. The van der Waals surface area contributed by atoms with E-state index in [0.717, 1.165) is 5.75 Å². The van der Waals surface area contributed by atoms with Crippen LogP contribution >= 0.6 is 9.47 Å². The Morgan fingerprint density at radius 3 is 2.67 bits per heavy atom. The van der Waals surface area contributed by atoms with Crippen molar-refractivity contribution in [3.8, 4) is 5.75 Å². The Bertz CT molecular complexity index is 521. The van der Waals surface area contributed by atoms with Crippen molar-refractivity contribution in [3.63, 3.8) is 0 Å². The van der Waals surface area contributed by atoms with Crippen LogP contribution in [-0.2, 0) is 0 Å². The quantitative estimate of drug-likeness (QED) is 0.662. The summed E-state index contributed by atoms with van der Waals surface area (Å²) in [6.45, 7) is 4.54. The van der Waals surface area contributed by atoms with Gasteiger partial charge >= 0.3 is 0 Å². The standard InChI is InChI=1S/C16H21OP/c1-3-4-7-12(2)16-14-9-6-5-8-13(14)10-11-15(16)17-18/h5-6,8-12H,3-4,7,18H2,1-2H3. The molecule has 2 heteroatoms. The molecule has 0 spiro atoms. The van der Waals surface area contributed by atoms with E-state index in [1.165, 1.54) is 35.6 Å². The second-order valence-corrected chi connectivity index (χ2v) is 5.10. The fourth-order valence-electron chi connectivity index (χ4n) is 2.54. The van der Waals surface area contributed by atoms with E-state index in [9.17, 15) is 0 Å². The highest BCUT2D eigenvalue weighted by atomic mass is 31.0. The summed E-state index contributed by atoms with van der Waals surface area (Å²) in [6, 6.07) is 12.8. The Kier molecular flexibility index (Phi) is 4.60. The monoisotopic (exact) mass is 260 g/mol. The van der Waals surface area contributed by atoms with E-state index in [1.807, 2.05) is 0 Å². The van der Waals surface area contributed by atoms with Gasteiger partial charge in [-0.05, 0) is 29.2 Å². The van der Waals surface area contributed by atoms with Gasteiger partial charge in [-0.3, -0.25) is 0 Å². The van der Waals surface area contributed by atoms with Gasteiger partial charge < -0.3 is 4.52 Å². The first kappa shape index (κ1) is 13.4. The van der Waals surface area contributed by atoms with Crippen LogP contribution in [0.2, 0.25) is 0 Å². The first-order chi connectivity index (χ1) is 8.77. The highest BCUT2D eigenvalue weighted by Crippen LogP contribution is 2.37. The largest absolute Gasteiger partial charge is 0.480 e. The Morgan fingerprint density at radius 2 is 1.94 bits per heavy atom. The zero-order valence-corrected chi connectivity index (χ0v) is 12.3. The van der Waals surface area contributed by atoms with Gasteiger partial charge in [-0.15, -0.1) is 0 Å². The SMILES string of the molecule is CCCCC(C)c1c(OP)ccc2ccccc12. The van der Waals surface area contributed by atoms with Gasteiger partial charge in [-0.25, -0.2) is 0 Å². The first-order valence-corrected chi connectivity index (χ1v) is 7.13. The summed E-state index contributed by atoms with van der Waals surface area (Å²) in [6.07, 6.45) is 3.72. The van der Waals surface area contributed by atoms with Crippen LogP contribution in [-0.4, -0.2) is 0 Å². The van der Waals surface area contributed by atoms with Crippen molar-refractivity contribution >= 4 is 20.2 Å². The lowest BCUT2D eigenvalue weighted by Crippen LogP contribution is -1.97. The Morgan fingerprint density at radius 1 is 1.17 bits per heavy atom. The predicted octanol–water partition coefficient (Wildman–Crippen LogP) is 5.30. The molecule has 0 saturated carbocycles. The molecule has 1 nitrogen and oxygen atoms in total. The molecule has 0 fully saturated rings. The van der Waals surface area contributed by atoms with Crippen LogP contribution in [0.4, 0.5) is 0 Å². The van der Waals surface area contributed by atoms with Gasteiger partial charge in [0.25, 0.3) is 0 Å². The number of benzene rings is 2. The molecule has 2 atom stereocenters. The van der Waals surface area contributed by atoms with Crippen LogP contribution in [0.1, 0.15) is 44.6 Å². The Balaban J connectivity index is 2.50. The maximum absolute atomic E-state index is 5.47. The summed E-state index contributed by atoms with van der Waals surface area (Å²) in [5.74, 6) is 1.52. The van der Waals surface area contributed by atoms with Crippen LogP contribution in [0.5, 0.6) is 5.75 Å². The molecule has 2 aromatic carbocycles. The third-order valence-corrected chi connectivity index (χ3v) is 3.80. The van der Waals surface area contributed by atoms with E-state index in [0.29, 0.717) is 5.92 Å². The smallest absolute Gasteiger partial charge is 0.126 e. The first-order valence-electron chi connectivity index (χ1n) is 6.66. The van der Waals surface area contributed by atoms with Crippen LogP contribution in [0.25, 0.3) is 10.8 Å². The number of rotatable bonds is 5. The second-order valence-electron chi connectivity index (χ2n) is 4.86. The normalized spacial score (nSPS) is 12.6. The Labute approximate surface area is 112 Å². The van der Waals surface area contributed by atoms with Crippen molar-refractivity contribution in [2.45, 2.75) is 39.0 Å². The van der Waals surface area contributed by atoms with Crippen LogP contribution in [0, 0.1) is 0 Å². The highest BCUT2D eigenvalue weighted by molar-refractivity contribution is 7.10. The molecule has 0 aromatic heterocycles. The number of fused-ring (bicyclic) bond motifs is 1. The third-order valence-electron chi connectivity index (χ3n) is 3.54. The van der Waals surface area contributed by atoms with Gasteiger partial charge in [0.1, 0.15) is 5.75 Å². The molecule has 0 aliphatic rings. The molecule has 2 aromatic rings. The summed E-state index contributed by atoms with van der Waals surface area (Å²) in [5.41, 5.74) is 1.34. The number of hydrogen-bond acceptors (Lipinski definition) is 1. The molecule has 2 rings (SSSR count). The van der Waals surface area contributed by atoms with Gasteiger partial charge in [0.2, 0.25) is 0 Å². The molecule has 0 radical (unpaired) electrons. The molecule has 0 bridgehead atoms. The molecular formula is C16H21OP. The van der Waals surface area contributed by atoms with E-state index in [-0.39, 0.29) is 0 Å². The lowest BCUT2D eigenvalue weighted by molar-refractivity contribution is 0.585. The van der Waals surface area contributed by atoms with Crippen LogP contribution < -0.4 is 4.52 Å². The molecule has 0 aliphatic carbocycles. The third kappa shape index (κ3) is 2.67. The minimum Gasteiger partial charge on any atom is -0.480 e. The summed E-state index contributed by atoms with van der Waals surface area (Å²) in [4.78, 5) is 0. The molecule has 0 heterocycles. The lowest BCUT2D eigenvalue weighted by atomic mass is 9.90. The van der Waals surface area contributed by atoms with Crippen molar-refractivity contribution in [3.05, 3.63) is 42.0 Å². The highest BCUT2D eigenvalue weighted by Gasteiger charge is 2.14. The fourth-order valence-corrected chi connectivity index (χ4v) is 2.75. The van der Waals surface area contributed by atoms with Gasteiger partial charge in [-0.1, -0.05) is 57.0 Å². The van der Waals surface area contributed by atoms with E-state index in [1.54, 1.807) is 0 Å². The van der Waals surface area contributed by atoms with Gasteiger partial charge in [0.15, 0.2) is 0 Å². The predicted molar refractivity (Wildman–Crippen MR) is 82.2 cm³/mol. The summed E-state index contributed by atoms with van der Waals surface area (Å²) in [5, 5.41) is 2.61. The maximum Gasteiger partial charge on any atom is 0.126 e. The van der Waals surface area contributed by atoms with E-state index in [4.69, 9.17) is 4.52 Å². The molecule has 2 unspecified atom stereocenters. The van der Waals surface area contributed by atoms with E-state index < -0.39 is 0 Å². The van der Waals surface area contributed by atoms with Gasteiger partial charge in [0.05, 0.1) is 9.47 Å². The van der Waals surface area contributed by atoms with Crippen molar-refractivity contribution in [1.82, 2.24) is 0 Å². The average Bonchev–Trinajstić information content (AvgIpc) is 2.43. The molecule has 96 valence electrons. The molecule has 0 aliphatic heterocycles. The Hall–Kier alpha value is -1.07. The molecule has 0 N–H and O–H groups in total. The van der Waals surface area contributed by atoms with E-state index in [2.05, 4.69) is 59.7 Å². The maximum atomic E-state index is 5.47. The van der Waals surface area contributed by atoms with Crippen molar-refractivity contribution in [1.29, 1.82) is 0 Å². The zero-order valence-electron chi connectivity index (χ0n) is 11.1. The molecule has 0 saturated heterocycles. The van der Waals surface area contributed by atoms with Gasteiger partial charge in [0, 0.05) is 5.56 Å². The van der Waals surface area contributed by atoms with Gasteiger partial charge in [-0.2, -0.15) is 0 Å². The molecule has 0 amide bonds. The minimum atomic E-state index is 0.534. The van der Waals surface area contributed by atoms with Crippen molar-refractivity contribution in [2.75, 3.05) is 0 Å². The second kappa shape index (κ2) is 6.20. The van der Waals surface area contributed by atoms with Crippen LogP contribution in [0.3, 0.4) is 0 Å². The number of hydrogen-bond donors (Lipinski definition) is 0. The summed E-state index contributed by atoms with van der Waals surface area (Å²) < 4.78 is 5.47. The average molecular weight is 260 g/mol. The van der Waals surface area contributed by atoms with Crippen molar-refractivity contribution in [2.24, 2.45) is 0 Å². The number of unbranched alkanes of at least 4 members (excludes halogenated alkanes) is 1. The van der Waals surface area contributed by atoms with Crippen LogP contribution in [0.15, 0.2) is 36.4 Å². The van der Waals surface area contributed by atoms with E-state index >= 15 is 0 Å².